The second-order valence-electron chi connectivity index (χ2n) is 4.15. The van der Waals surface area contributed by atoms with Crippen molar-refractivity contribution in [1.29, 1.82) is 0 Å². The summed E-state index contributed by atoms with van der Waals surface area (Å²) in [6.45, 7) is 0. The van der Waals surface area contributed by atoms with E-state index < -0.39 is 0 Å². The van der Waals surface area contributed by atoms with Crippen molar-refractivity contribution in [2.45, 2.75) is 0 Å². The summed E-state index contributed by atoms with van der Waals surface area (Å²) in [5, 5.41) is 2.37. The number of nitrogens with two attached hydrogens (primary N) is 1. The number of aromatic amines is 1. The molecule has 1 heterocycles. The number of hydrogen-bond donors (Lipinski definition) is 2. The van der Waals surface area contributed by atoms with Crippen LogP contribution in [0, 0.1) is 0 Å². The molecule has 3 N–H and O–H groups in total. The highest BCUT2D eigenvalue weighted by Crippen LogP contribution is 2.29. The maximum absolute atomic E-state index is 5.97. The molecule has 1 aromatic heterocycles. The van der Waals surface area contributed by atoms with Crippen molar-refractivity contribution in [1.82, 2.24) is 4.98 Å². The maximum atomic E-state index is 5.97. The Hall–Kier alpha value is -1.64. The number of fused-ring (bicyclic) bond motifs is 1. The van der Waals surface area contributed by atoms with Gasteiger partial charge in [-0.05, 0) is 36.4 Å². The van der Waals surface area contributed by atoms with E-state index in [9.17, 15) is 0 Å². The van der Waals surface area contributed by atoms with E-state index in [0.717, 1.165) is 27.2 Å². The van der Waals surface area contributed by atoms with Gasteiger partial charge in [0, 0.05) is 27.2 Å². The van der Waals surface area contributed by atoms with E-state index in [1.807, 2.05) is 36.4 Å². The van der Waals surface area contributed by atoms with Crippen molar-refractivity contribution in [3.05, 3.63) is 52.5 Å². The number of hydrogen-bond acceptors (Lipinski definition) is 1. The molecule has 0 fully saturated rings. The molecular weight excluding hydrogens is 267 g/mol. The topological polar surface area (TPSA) is 41.8 Å². The Morgan fingerprint density at radius 1 is 0.944 bits per heavy atom. The van der Waals surface area contributed by atoms with Crippen molar-refractivity contribution < 1.29 is 0 Å². The third kappa shape index (κ3) is 1.94. The first kappa shape index (κ1) is 11.5. The molecule has 2 nitrogen and oxygen atoms in total. The second kappa shape index (κ2) is 4.23. The number of halogens is 2. The van der Waals surface area contributed by atoms with Crippen LogP contribution in [0.4, 0.5) is 5.69 Å². The predicted octanol–water partition coefficient (Wildman–Crippen LogP) is 4.72. The molecule has 0 aliphatic heterocycles. The molecule has 18 heavy (non-hydrogen) atoms. The summed E-state index contributed by atoms with van der Waals surface area (Å²) < 4.78 is 0. The molecule has 2 aromatic carbocycles. The largest absolute Gasteiger partial charge is 0.398 e. The van der Waals surface area contributed by atoms with E-state index in [1.165, 1.54) is 0 Å². The average Bonchev–Trinajstić information content (AvgIpc) is 2.75. The molecule has 3 aromatic rings. The smallest absolute Gasteiger partial charge is 0.0635 e. The minimum atomic E-state index is 0.568. The number of nitrogen functional groups attached to an aromatic ring is 1. The van der Waals surface area contributed by atoms with Crippen LogP contribution in [-0.2, 0) is 0 Å². The Kier molecular flexibility index (Phi) is 2.69. The third-order valence-electron chi connectivity index (χ3n) is 2.89. The monoisotopic (exact) mass is 276 g/mol. The standard InChI is InChI=1S/C14H10Cl2N2/c15-10-2-4-13-9(5-10)7-14(18-13)8-1-3-11(16)12(17)6-8/h1-7,18H,17H2. The molecule has 90 valence electrons. The first-order chi connectivity index (χ1) is 8.63. The predicted molar refractivity (Wildman–Crippen MR) is 78.2 cm³/mol. The van der Waals surface area contributed by atoms with Gasteiger partial charge in [-0.3, -0.25) is 0 Å². The van der Waals surface area contributed by atoms with E-state index in [2.05, 4.69) is 4.98 Å². The second-order valence-corrected chi connectivity index (χ2v) is 4.99. The highest BCUT2D eigenvalue weighted by Gasteiger charge is 2.05. The lowest BCUT2D eigenvalue weighted by Crippen LogP contribution is -1.87. The quantitative estimate of drug-likeness (QED) is 0.621. The normalized spacial score (nSPS) is 11.0. The van der Waals surface area contributed by atoms with Crippen LogP contribution in [0.3, 0.4) is 0 Å². The summed E-state index contributed by atoms with van der Waals surface area (Å²) in [7, 11) is 0. The molecule has 0 amide bonds. The first-order valence-electron chi connectivity index (χ1n) is 5.47. The highest BCUT2D eigenvalue weighted by atomic mass is 35.5. The van der Waals surface area contributed by atoms with Gasteiger partial charge in [0.05, 0.1) is 10.7 Å². The number of benzene rings is 2. The fourth-order valence-electron chi connectivity index (χ4n) is 1.97. The molecule has 0 aliphatic carbocycles. The van der Waals surface area contributed by atoms with Crippen molar-refractivity contribution in [3.63, 3.8) is 0 Å². The lowest BCUT2D eigenvalue weighted by Gasteiger charge is -2.01. The zero-order valence-electron chi connectivity index (χ0n) is 9.37. The molecule has 0 aliphatic rings. The number of H-pyrrole nitrogens is 1. The van der Waals surface area contributed by atoms with Crippen LogP contribution in [0.2, 0.25) is 10.0 Å². The lowest BCUT2D eigenvalue weighted by atomic mass is 10.1. The van der Waals surface area contributed by atoms with Crippen LogP contribution in [0.1, 0.15) is 0 Å². The molecular formula is C14H10Cl2N2. The zero-order chi connectivity index (χ0) is 12.7. The minimum Gasteiger partial charge on any atom is -0.398 e. The van der Waals surface area contributed by atoms with Crippen LogP contribution in [0.15, 0.2) is 42.5 Å². The van der Waals surface area contributed by atoms with Gasteiger partial charge in [0.2, 0.25) is 0 Å². The summed E-state index contributed by atoms with van der Waals surface area (Å²) in [5.74, 6) is 0. The summed E-state index contributed by atoms with van der Waals surface area (Å²) >= 11 is 11.9. The van der Waals surface area contributed by atoms with Gasteiger partial charge in [-0.2, -0.15) is 0 Å². The van der Waals surface area contributed by atoms with Gasteiger partial charge < -0.3 is 10.7 Å². The highest BCUT2D eigenvalue weighted by molar-refractivity contribution is 6.33. The summed E-state index contributed by atoms with van der Waals surface area (Å²) in [4.78, 5) is 3.33. The van der Waals surface area contributed by atoms with Gasteiger partial charge in [-0.25, -0.2) is 0 Å². The average molecular weight is 277 g/mol. The van der Waals surface area contributed by atoms with E-state index in [4.69, 9.17) is 28.9 Å². The van der Waals surface area contributed by atoms with E-state index in [-0.39, 0.29) is 0 Å². The number of aromatic nitrogens is 1. The fourth-order valence-corrected chi connectivity index (χ4v) is 2.27. The molecule has 0 spiro atoms. The molecule has 4 heteroatoms. The maximum Gasteiger partial charge on any atom is 0.0635 e. The first-order valence-corrected chi connectivity index (χ1v) is 6.23. The van der Waals surface area contributed by atoms with Crippen LogP contribution in [-0.4, -0.2) is 4.98 Å². The number of rotatable bonds is 1. The van der Waals surface area contributed by atoms with Gasteiger partial charge in [0.15, 0.2) is 0 Å². The van der Waals surface area contributed by atoms with Crippen molar-refractivity contribution >= 4 is 39.8 Å². The molecule has 0 unspecified atom stereocenters. The van der Waals surface area contributed by atoms with Crippen LogP contribution >= 0.6 is 23.2 Å². The van der Waals surface area contributed by atoms with E-state index >= 15 is 0 Å². The van der Waals surface area contributed by atoms with Crippen LogP contribution in [0.25, 0.3) is 22.2 Å². The van der Waals surface area contributed by atoms with Crippen LogP contribution in [0.5, 0.6) is 0 Å². The Labute approximate surface area is 114 Å². The summed E-state index contributed by atoms with van der Waals surface area (Å²) in [6, 6.07) is 13.4. The Morgan fingerprint density at radius 3 is 2.56 bits per heavy atom. The molecule has 0 bridgehead atoms. The van der Waals surface area contributed by atoms with Crippen molar-refractivity contribution in [3.8, 4) is 11.3 Å². The number of nitrogens with one attached hydrogen (secondary N) is 1. The number of anilines is 1. The van der Waals surface area contributed by atoms with E-state index in [0.29, 0.717) is 10.7 Å². The molecule has 0 atom stereocenters. The molecule has 0 radical (unpaired) electrons. The van der Waals surface area contributed by atoms with E-state index in [1.54, 1.807) is 6.07 Å². The Bertz CT molecular complexity index is 732. The Balaban J connectivity index is 2.16. The fraction of sp³-hybridized carbons (Fsp3) is 0. The van der Waals surface area contributed by atoms with Gasteiger partial charge in [0.25, 0.3) is 0 Å². The molecule has 0 saturated carbocycles. The third-order valence-corrected chi connectivity index (χ3v) is 3.47. The molecule has 3 rings (SSSR count). The lowest BCUT2D eigenvalue weighted by molar-refractivity contribution is 1.45. The van der Waals surface area contributed by atoms with Gasteiger partial charge in [0.1, 0.15) is 0 Å². The van der Waals surface area contributed by atoms with Gasteiger partial charge in [-0.15, -0.1) is 0 Å². The van der Waals surface area contributed by atoms with Crippen molar-refractivity contribution in [2.75, 3.05) is 5.73 Å². The van der Waals surface area contributed by atoms with Gasteiger partial charge >= 0.3 is 0 Å². The van der Waals surface area contributed by atoms with Crippen molar-refractivity contribution in [2.24, 2.45) is 0 Å². The summed E-state index contributed by atoms with van der Waals surface area (Å²) in [6.07, 6.45) is 0. The van der Waals surface area contributed by atoms with Gasteiger partial charge in [-0.1, -0.05) is 29.3 Å². The zero-order valence-corrected chi connectivity index (χ0v) is 10.9. The SMILES string of the molecule is Nc1cc(-c2cc3cc(Cl)ccc3[nH]2)ccc1Cl. The minimum absolute atomic E-state index is 0.568. The molecule has 0 saturated heterocycles. The summed E-state index contributed by atoms with van der Waals surface area (Å²) in [5.41, 5.74) is 9.43. The van der Waals surface area contributed by atoms with Crippen LogP contribution < -0.4 is 5.73 Å². The Morgan fingerprint density at radius 2 is 1.78 bits per heavy atom.